The summed E-state index contributed by atoms with van der Waals surface area (Å²) in [6.45, 7) is 0. The number of benzene rings is 1. The fraction of sp³-hybridized carbons (Fsp3) is 0.154. The number of nitrogens with one attached hydrogen (secondary N) is 2. The molecule has 0 bridgehead atoms. The quantitative estimate of drug-likeness (QED) is 0.745. The molecule has 0 saturated heterocycles. The summed E-state index contributed by atoms with van der Waals surface area (Å²) in [6, 6.07) is 4.90. The van der Waals surface area contributed by atoms with E-state index < -0.39 is 17.6 Å². The fourth-order valence-electron chi connectivity index (χ4n) is 1.94. The van der Waals surface area contributed by atoms with Gasteiger partial charge in [0, 0.05) is 7.05 Å². The largest absolute Gasteiger partial charge is 0.418 e. The number of nitrogens with zero attached hydrogens (tertiary/aromatic N) is 2. The SMILES string of the molecule is Cn1ncc(NC(=S)Nc2ccccc2C(F)(F)F)c1C(N)=O. The van der Waals surface area contributed by atoms with E-state index in [0.717, 1.165) is 6.07 Å². The molecule has 0 atom stereocenters. The van der Waals surface area contributed by atoms with Crippen LogP contribution in [-0.2, 0) is 13.2 Å². The summed E-state index contributed by atoms with van der Waals surface area (Å²) < 4.78 is 40.0. The summed E-state index contributed by atoms with van der Waals surface area (Å²) >= 11 is 4.98. The second-order valence-corrected chi connectivity index (χ2v) is 4.93. The lowest BCUT2D eigenvalue weighted by Gasteiger charge is -2.15. The zero-order chi connectivity index (χ0) is 17.2. The Labute approximate surface area is 134 Å². The van der Waals surface area contributed by atoms with E-state index in [9.17, 15) is 18.0 Å². The molecule has 6 nitrogen and oxygen atoms in total. The maximum Gasteiger partial charge on any atom is 0.418 e. The zero-order valence-electron chi connectivity index (χ0n) is 11.8. The average Bonchev–Trinajstić information content (AvgIpc) is 2.79. The summed E-state index contributed by atoms with van der Waals surface area (Å²) in [5.41, 5.74) is 4.40. The number of halogens is 3. The van der Waals surface area contributed by atoms with Crippen molar-refractivity contribution in [2.75, 3.05) is 10.6 Å². The van der Waals surface area contributed by atoms with Crippen LogP contribution in [0.2, 0.25) is 0 Å². The van der Waals surface area contributed by atoms with Gasteiger partial charge in [-0.2, -0.15) is 18.3 Å². The number of nitrogens with two attached hydrogens (primary N) is 1. The normalized spacial score (nSPS) is 11.1. The Morgan fingerprint density at radius 1 is 1.26 bits per heavy atom. The number of anilines is 2. The van der Waals surface area contributed by atoms with E-state index in [1.165, 1.54) is 36.1 Å². The van der Waals surface area contributed by atoms with Crippen LogP contribution in [0.1, 0.15) is 16.1 Å². The molecule has 0 saturated carbocycles. The molecular formula is C13H12F3N5OS. The number of rotatable bonds is 3. The third-order valence-electron chi connectivity index (χ3n) is 2.90. The molecule has 1 aromatic heterocycles. The van der Waals surface area contributed by atoms with Gasteiger partial charge in [0.25, 0.3) is 5.91 Å². The minimum atomic E-state index is -4.52. The first-order chi connectivity index (χ1) is 10.7. The number of thiocarbonyl (C=S) groups is 1. The van der Waals surface area contributed by atoms with Crippen molar-refractivity contribution in [2.45, 2.75) is 6.18 Å². The number of hydrogen-bond donors (Lipinski definition) is 3. The molecule has 0 unspecified atom stereocenters. The van der Waals surface area contributed by atoms with Gasteiger partial charge >= 0.3 is 6.18 Å². The second kappa shape index (κ2) is 6.24. The highest BCUT2D eigenvalue weighted by atomic mass is 32.1. The number of aryl methyl sites for hydroxylation is 1. The van der Waals surface area contributed by atoms with Crippen molar-refractivity contribution >= 4 is 34.6 Å². The molecule has 1 amide bonds. The Bertz CT molecular complexity index is 756. The van der Waals surface area contributed by atoms with Gasteiger partial charge in [-0.1, -0.05) is 12.1 Å². The summed E-state index contributed by atoms with van der Waals surface area (Å²) in [5.74, 6) is -0.744. The van der Waals surface area contributed by atoms with E-state index >= 15 is 0 Å². The smallest absolute Gasteiger partial charge is 0.364 e. The van der Waals surface area contributed by atoms with Crippen molar-refractivity contribution in [2.24, 2.45) is 12.8 Å². The summed E-state index contributed by atoms with van der Waals surface area (Å²) in [4.78, 5) is 11.3. The predicted octanol–water partition coefficient (Wildman–Crippen LogP) is 2.35. The molecule has 4 N–H and O–H groups in total. The number of carbonyl (C=O) groups excluding carboxylic acids is 1. The fourth-order valence-corrected chi connectivity index (χ4v) is 2.16. The highest BCUT2D eigenvalue weighted by Crippen LogP contribution is 2.34. The highest BCUT2D eigenvalue weighted by Gasteiger charge is 2.33. The molecular weight excluding hydrogens is 331 g/mol. The minimum Gasteiger partial charge on any atom is -0.364 e. The lowest BCUT2D eigenvalue weighted by Crippen LogP contribution is -2.24. The molecule has 0 fully saturated rings. The summed E-state index contributed by atoms with van der Waals surface area (Å²) in [5, 5.41) is 8.77. The number of amides is 1. The van der Waals surface area contributed by atoms with Crippen LogP contribution in [0.5, 0.6) is 0 Å². The second-order valence-electron chi connectivity index (χ2n) is 4.52. The molecule has 1 heterocycles. The maximum absolute atomic E-state index is 12.9. The summed E-state index contributed by atoms with van der Waals surface area (Å²) in [6.07, 6.45) is -3.23. The van der Waals surface area contributed by atoms with Crippen LogP contribution in [0.25, 0.3) is 0 Å². The van der Waals surface area contributed by atoms with E-state index in [4.69, 9.17) is 18.0 Å². The van der Waals surface area contributed by atoms with Crippen molar-refractivity contribution in [1.82, 2.24) is 9.78 Å². The molecule has 2 aromatic rings. The lowest BCUT2D eigenvalue weighted by molar-refractivity contribution is -0.136. The number of primary amides is 1. The maximum atomic E-state index is 12.9. The van der Waals surface area contributed by atoms with Gasteiger partial charge < -0.3 is 16.4 Å². The van der Waals surface area contributed by atoms with Crippen LogP contribution in [0, 0.1) is 0 Å². The Kier molecular flexibility index (Phi) is 4.55. The Hall–Kier alpha value is -2.62. The van der Waals surface area contributed by atoms with Crippen molar-refractivity contribution in [3.05, 3.63) is 41.7 Å². The first-order valence-corrected chi connectivity index (χ1v) is 6.67. The van der Waals surface area contributed by atoms with Gasteiger partial charge in [-0.25, -0.2) is 0 Å². The topological polar surface area (TPSA) is 85.0 Å². The molecule has 23 heavy (non-hydrogen) atoms. The zero-order valence-corrected chi connectivity index (χ0v) is 12.6. The lowest BCUT2D eigenvalue weighted by atomic mass is 10.1. The molecule has 2 rings (SSSR count). The van der Waals surface area contributed by atoms with Gasteiger partial charge in [0.2, 0.25) is 0 Å². The van der Waals surface area contributed by atoms with E-state index in [2.05, 4.69) is 15.7 Å². The van der Waals surface area contributed by atoms with Crippen molar-refractivity contribution in [3.8, 4) is 0 Å². The highest BCUT2D eigenvalue weighted by molar-refractivity contribution is 7.80. The number of aromatic nitrogens is 2. The van der Waals surface area contributed by atoms with Gasteiger partial charge in [0.05, 0.1) is 23.1 Å². The van der Waals surface area contributed by atoms with Gasteiger partial charge in [-0.15, -0.1) is 0 Å². The van der Waals surface area contributed by atoms with Crippen LogP contribution < -0.4 is 16.4 Å². The van der Waals surface area contributed by atoms with E-state index in [0.29, 0.717) is 0 Å². The van der Waals surface area contributed by atoms with Crippen LogP contribution in [0.4, 0.5) is 24.5 Å². The van der Waals surface area contributed by atoms with Crippen molar-refractivity contribution < 1.29 is 18.0 Å². The van der Waals surface area contributed by atoms with Crippen molar-refractivity contribution in [3.63, 3.8) is 0 Å². The van der Waals surface area contributed by atoms with Crippen LogP contribution in [0.3, 0.4) is 0 Å². The molecule has 0 aliphatic rings. The Balaban J connectivity index is 2.20. The Morgan fingerprint density at radius 3 is 2.48 bits per heavy atom. The standard InChI is InChI=1S/C13H12F3N5OS/c1-21-10(11(17)22)9(6-18-21)20-12(23)19-8-5-3-2-4-7(8)13(14,15)16/h2-6H,1H3,(H2,17,22)(H2,19,20,23). The first kappa shape index (κ1) is 16.7. The molecule has 1 aromatic carbocycles. The van der Waals surface area contributed by atoms with Crippen molar-refractivity contribution in [1.29, 1.82) is 0 Å². The minimum absolute atomic E-state index is 0.0539. The van der Waals surface area contributed by atoms with E-state index in [1.54, 1.807) is 0 Å². The molecule has 122 valence electrons. The molecule has 0 aliphatic heterocycles. The number of hydrogen-bond acceptors (Lipinski definition) is 3. The third-order valence-corrected chi connectivity index (χ3v) is 3.11. The third kappa shape index (κ3) is 3.77. The number of para-hydroxylation sites is 1. The van der Waals surface area contributed by atoms with E-state index in [-0.39, 0.29) is 22.2 Å². The molecule has 0 spiro atoms. The molecule has 0 aliphatic carbocycles. The molecule has 10 heteroatoms. The summed E-state index contributed by atoms with van der Waals surface area (Å²) in [7, 11) is 1.50. The Morgan fingerprint density at radius 2 is 1.87 bits per heavy atom. The van der Waals surface area contributed by atoms with E-state index in [1.807, 2.05) is 0 Å². The molecule has 0 radical (unpaired) electrons. The predicted molar refractivity (Wildman–Crippen MR) is 83.0 cm³/mol. The van der Waals surface area contributed by atoms with Gasteiger partial charge in [0.15, 0.2) is 5.11 Å². The van der Waals surface area contributed by atoms with Crippen LogP contribution in [0.15, 0.2) is 30.5 Å². The van der Waals surface area contributed by atoms with Gasteiger partial charge in [-0.05, 0) is 24.4 Å². The first-order valence-electron chi connectivity index (χ1n) is 6.26. The number of alkyl halides is 3. The van der Waals surface area contributed by atoms with Gasteiger partial charge in [0.1, 0.15) is 5.69 Å². The van der Waals surface area contributed by atoms with Crippen LogP contribution >= 0.6 is 12.2 Å². The van der Waals surface area contributed by atoms with Crippen LogP contribution in [-0.4, -0.2) is 20.8 Å². The van der Waals surface area contributed by atoms with Gasteiger partial charge in [-0.3, -0.25) is 9.48 Å². The average molecular weight is 343 g/mol. The number of carbonyl (C=O) groups is 1. The monoisotopic (exact) mass is 343 g/mol.